The zero-order valence-corrected chi connectivity index (χ0v) is 8.50. The van der Waals surface area contributed by atoms with E-state index in [1.165, 1.54) is 0 Å². The van der Waals surface area contributed by atoms with Crippen molar-refractivity contribution in [2.45, 2.75) is 6.67 Å². The Morgan fingerprint density at radius 2 is 1.41 bits per heavy atom. The Hall–Kier alpha value is -1.90. The van der Waals surface area contributed by atoms with Crippen molar-refractivity contribution in [2.24, 2.45) is 0 Å². The van der Waals surface area contributed by atoms with E-state index in [1.54, 1.807) is 0 Å². The van der Waals surface area contributed by atoms with Gasteiger partial charge in [-0.05, 0) is 0 Å². The van der Waals surface area contributed by atoms with E-state index in [1.807, 2.05) is 0 Å². The molecule has 17 heavy (non-hydrogen) atoms. The molecule has 0 saturated heterocycles. The molecule has 0 spiro atoms. The average molecular weight is 271 g/mol. The first-order chi connectivity index (χ1) is 7.82. The third-order valence-electron chi connectivity index (χ3n) is 1.86. The summed E-state index contributed by atoms with van der Waals surface area (Å²) in [7, 11) is 0. The van der Waals surface area contributed by atoms with Gasteiger partial charge in [0.1, 0.15) is 6.67 Å². The van der Waals surface area contributed by atoms with Crippen molar-refractivity contribution in [3.8, 4) is 0 Å². The molecule has 0 aliphatic heterocycles. The third kappa shape index (κ3) is 2.00. The first kappa shape index (κ1) is 13.2. The number of alkyl halides is 1. The molecule has 0 amide bonds. The van der Waals surface area contributed by atoms with Crippen LogP contribution in [0.3, 0.4) is 0 Å². The molecule has 0 unspecified atom stereocenters. The van der Waals surface area contributed by atoms with E-state index in [2.05, 4.69) is 0 Å². The molecular weight excluding hydrogens is 269 g/mol. The zero-order chi connectivity index (χ0) is 13.3. The van der Waals surface area contributed by atoms with Gasteiger partial charge in [-0.2, -0.15) is 8.78 Å². The molecule has 0 heterocycles. The summed E-state index contributed by atoms with van der Waals surface area (Å²) in [5.41, 5.74) is -4.44. The second-order valence-electron chi connectivity index (χ2n) is 2.77. The molecule has 0 atom stereocenters. The van der Waals surface area contributed by atoms with E-state index >= 15 is 0 Å². The van der Waals surface area contributed by atoms with Gasteiger partial charge in [0.15, 0.2) is 0 Å². The molecule has 0 fully saturated rings. The highest BCUT2D eigenvalue weighted by Crippen LogP contribution is 2.40. The van der Waals surface area contributed by atoms with Crippen LogP contribution in [0.5, 0.6) is 0 Å². The molecule has 0 aliphatic carbocycles. The highest BCUT2D eigenvalue weighted by molar-refractivity contribution is 6.34. The molecule has 0 aliphatic rings. The van der Waals surface area contributed by atoms with E-state index in [0.29, 0.717) is 0 Å². The second kappa shape index (κ2) is 4.53. The summed E-state index contributed by atoms with van der Waals surface area (Å²) in [6.45, 7) is -1.77. The Labute approximate surface area is 95.9 Å². The van der Waals surface area contributed by atoms with Crippen molar-refractivity contribution in [3.05, 3.63) is 42.4 Å². The van der Waals surface area contributed by atoms with Crippen LogP contribution in [0.25, 0.3) is 0 Å². The Bertz CT molecular complexity index is 481. The predicted octanol–water partition coefficient (Wildman–Crippen LogP) is 2.90. The standard InChI is InChI=1S/C7H2ClF3N2O4/c8-3-6(12(14)15)4(10)2(1-9)5(11)7(3)13(16)17/h1H2. The number of rotatable bonds is 3. The van der Waals surface area contributed by atoms with Gasteiger partial charge in [0.25, 0.3) is 0 Å². The van der Waals surface area contributed by atoms with Crippen molar-refractivity contribution < 1.29 is 23.0 Å². The van der Waals surface area contributed by atoms with Crippen LogP contribution >= 0.6 is 11.6 Å². The van der Waals surface area contributed by atoms with Gasteiger partial charge in [-0.15, -0.1) is 0 Å². The number of nitro groups is 2. The van der Waals surface area contributed by atoms with Gasteiger partial charge in [0.05, 0.1) is 15.4 Å². The lowest BCUT2D eigenvalue weighted by Gasteiger charge is -2.04. The minimum Gasteiger partial charge on any atom is -0.258 e. The zero-order valence-electron chi connectivity index (χ0n) is 7.75. The maximum Gasteiger partial charge on any atom is 0.330 e. The van der Waals surface area contributed by atoms with Crippen molar-refractivity contribution >= 4 is 23.0 Å². The van der Waals surface area contributed by atoms with Crippen molar-refractivity contribution in [1.29, 1.82) is 0 Å². The van der Waals surface area contributed by atoms with Crippen LogP contribution in [0, 0.1) is 31.9 Å². The van der Waals surface area contributed by atoms with Crippen LogP contribution < -0.4 is 0 Å². The van der Waals surface area contributed by atoms with E-state index in [-0.39, 0.29) is 0 Å². The van der Waals surface area contributed by atoms with E-state index in [0.717, 1.165) is 0 Å². The topological polar surface area (TPSA) is 86.3 Å². The van der Waals surface area contributed by atoms with Crippen molar-refractivity contribution in [3.63, 3.8) is 0 Å². The van der Waals surface area contributed by atoms with Crippen LogP contribution in [-0.4, -0.2) is 9.85 Å². The number of hydrogen-bond donors (Lipinski definition) is 0. The van der Waals surface area contributed by atoms with Gasteiger partial charge >= 0.3 is 11.4 Å². The van der Waals surface area contributed by atoms with Gasteiger partial charge in [0, 0.05) is 0 Å². The summed E-state index contributed by atoms with van der Waals surface area (Å²) in [5.74, 6) is -3.71. The lowest BCUT2D eigenvalue weighted by molar-refractivity contribution is -0.397. The van der Waals surface area contributed by atoms with Gasteiger partial charge < -0.3 is 0 Å². The Morgan fingerprint density at radius 3 is 1.65 bits per heavy atom. The molecule has 92 valence electrons. The summed E-state index contributed by atoms with van der Waals surface area (Å²) in [6.07, 6.45) is 0. The van der Waals surface area contributed by atoms with E-state index in [4.69, 9.17) is 11.6 Å². The molecule has 1 aromatic rings. The molecule has 10 heteroatoms. The van der Waals surface area contributed by atoms with Gasteiger partial charge in [-0.3, -0.25) is 20.2 Å². The lowest BCUT2D eigenvalue weighted by atomic mass is 10.1. The molecule has 1 rings (SSSR count). The summed E-state index contributed by atoms with van der Waals surface area (Å²) < 4.78 is 38.8. The molecule has 0 aromatic heterocycles. The lowest BCUT2D eigenvalue weighted by Crippen LogP contribution is -2.06. The summed E-state index contributed by atoms with van der Waals surface area (Å²) in [5, 5.41) is 19.5. The summed E-state index contributed by atoms with van der Waals surface area (Å²) >= 11 is 5.15. The SMILES string of the molecule is O=[N+]([O-])c1c(F)c(CF)c(F)c([N+](=O)[O-])c1Cl. The first-order valence-electron chi connectivity index (χ1n) is 3.87. The monoisotopic (exact) mass is 270 g/mol. The minimum atomic E-state index is -1.86. The van der Waals surface area contributed by atoms with Crippen LogP contribution in [-0.2, 0) is 6.67 Å². The largest absolute Gasteiger partial charge is 0.330 e. The van der Waals surface area contributed by atoms with E-state index in [9.17, 15) is 33.4 Å². The number of hydrogen-bond acceptors (Lipinski definition) is 4. The maximum atomic E-state index is 13.3. The number of nitrogens with zero attached hydrogens (tertiary/aromatic N) is 2. The summed E-state index contributed by atoms with van der Waals surface area (Å²) in [4.78, 5) is 18.0. The van der Waals surface area contributed by atoms with Crippen LogP contribution in [0.1, 0.15) is 5.56 Å². The first-order valence-corrected chi connectivity index (χ1v) is 4.24. The molecule has 0 saturated carbocycles. The molecular formula is C7H2ClF3N2O4. The highest BCUT2D eigenvalue weighted by atomic mass is 35.5. The highest BCUT2D eigenvalue weighted by Gasteiger charge is 2.36. The number of halogens is 4. The van der Waals surface area contributed by atoms with Crippen LogP contribution in [0.4, 0.5) is 24.5 Å². The average Bonchev–Trinajstić information content (AvgIpc) is 2.16. The van der Waals surface area contributed by atoms with Crippen LogP contribution in [0.2, 0.25) is 5.02 Å². The maximum absolute atomic E-state index is 13.3. The molecule has 6 nitrogen and oxygen atoms in total. The minimum absolute atomic E-state index is 1.31. The van der Waals surface area contributed by atoms with Gasteiger partial charge in [-0.25, -0.2) is 4.39 Å². The van der Waals surface area contributed by atoms with Gasteiger partial charge in [0.2, 0.25) is 16.7 Å². The number of benzene rings is 1. The fourth-order valence-electron chi connectivity index (χ4n) is 1.12. The van der Waals surface area contributed by atoms with Crippen molar-refractivity contribution in [2.75, 3.05) is 0 Å². The molecule has 1 aromatic carbocycles. The van der Waals surface area contributed by atoms with Crippen molar-refractivity contribution in [1.82, 2.24) is 0 Å². The fourth-order valence-corrected chi connectivity index (χ4v) is 1.43. The van der Waals surface area contributed by atoms with Crippen LogP contribution in [0.15, 0.2) is 0 Å². The predicted molar refractivity (Wildman–Crippen MR) is 49.5 cm³/mol. The smallest absolute Gasteiger partial charge is 0.258 e. The second-order valence-corrected chi connectivity index (χ2v) is 3.14. The molecule has 0 N–H and O–H groups in total. The normalized spacial score (nSPS) is 10.4. The quantitative estimate of drug-likeness (QED) is 0.624. The van der Waals surface area contributed by atoms with Gasteiger partial charge in [-0.1, -0.05) is 11.6 Å². The molecule has 0 radical (unpaired) electrons. The Kier molecular flexibility index (Phi) is 3.51. The number of nitro benzene ring substituents is 2. The third-order valence-corrected chi connectivity index (χ3v) is 2.22. The molecule has 0 bridgehead atoms. The summed E-state index contributed by atoms with van der Waals surface area (Å²) in [6, 6.07) is 0. The van der Waals surface area contributed by atoms with E-state index < -0.39 is 50.1 Å². The fraction of sp³-hybridized carbons (Fsp3) is 0.143. The Morgan fingerprint density at radius 1 is 1.06 bits per heavy atom. The Balaban J connectivity index is 3.82.